The highest BCUT2D eigenvalue weighted by Crippen LogP contribution is 2.24. The molecule has 0 saturated carbocycles. The molecule has 0 aliphatic heterocycles. The number of thiazole rings is 1. The van der Waals surface area contributed by atoms with E-state index in [0.29, 0.717) is 12.3 Å². The van der Waals surface area contributed by atoms with Gasteiger partial charge in [0.15, 0.2) is 4.96 Å². The van der Waals surface area contributed by atoms with Gasteiger partial charge < -0.3 is 0 Å². The minimum Gasteiger partial charge on any atom is -0.290 e. The van der Waals surface area contributed by atoms with E-state index in [2.05, 4.69) is 34.7 Å². The standard InChI is InChI=1S/C10H11N3S/c1-7(2)9-6-14-10-12-5-8(3-4-11)13(9)10/h5-7H,3H2,1-2H3. The van der Waals surface area contributed by atoms with E-state index >= 15 is 0 Å². The Morgan fingerprint density at radius 2 is 2.43 bits per heavy atom. The van der Waals surface area contributed by atoms with Crippen molar-refractivity contribution in [1.82, 2.24) is 9.38 Å². The van der Waals surface area contributed by atoms with Gasteiger partial charge in [0, 0.05) is 11.1 Å². The van der Waals surface area contributed by atoms with Crippen molar-refractivity contribution in [3.8, 4) is 6.07 Å². The highest BCUT2D eigenvalue weighted by molar-refractivity contribution is 7.15. The van der Waals surface area contributed by atoms with Crippen LogP contribution in [0.15, 0.2) is 11.6 Å². The van der Waals surface area contributed by atoms with Crippen LogP contribution in [0.4, 0.5) is 0 Å². The zero-order chi connectivity index (χ0) is 10.1. The molecule has 2 aromatic rings. The predicted octanol–water partition coefficient (Wildman–Crippen LogP) is 2.59. The topological polar surface area (TPSA) is 41.1 Å². The molecule has 14 heavy (non-hydrogen) atoms. The van der Waals surface area contributed by atoms with E-state index in [1.165, 1.54) is 5.69 Å². The summed E-state index contributed by atoms with van der Waals surface area (Å²) in [6, 6.07) is 2.16. The minimum atomic E-state index is 0.428. The molecule has 0 radical (unpaired) electrons. The number of rotatable bonds is 2. The predicted molar refractivity (Wildman–Crippen MR) is 56.5 cm³/mol. The van der Waals surface area contributed by atoms with Gasteiger partial charge in [0.2, 0.25) is 0 Å². The fourth-order valence-electron chi connectivity index (χ4n) is 1.49. The second-order valence-corrected chi connectivity index (χ2v) is 4.35. The van der Waals surface area contributed by atoms with Crippen molar-refractivity contribution in [2.45, 2.75) is 26.2 Å². The number of aromatic nitrogens is 2. The van der Waals surface area contributed by atoms with Crippen molar-refractivity contribution in [3.05, 3.63) is 23.0 Å². The van der Waals surface area contributed by atoms with Crippen LogP contribution in [0, 0.1) is 11.3 Å². The Bertz CT molecular complexity index is 487. The minimum absolute atomic E-state index is 0.428. The molecule has 0 aliphatic rings. The van der Waals surface area contributed by atoms with E-state index in [1.807, 2.05) is 0 Å². The maximum absolute atomic E-state index is 8.68. The summed E-state index contributed by atoms with van der Waals surface area (Å²) < 4.78 is 2.10. The van der Waals surface area contributed by atoms with E-state index in [9.17, 15) is 0 Å². The summed E-state index contributed by atoms with van der Waals surface area (Å²) in [4.78, 5) is 5.26. The number of hydrogen-bond donors (Lipinski definition) is 0. The lowest BCUT2D eigenvalue weighted by Crippen LogP contribution is -1.97. The first-order valence-electron chi connectivity index (χ1n) is 4.54. The van der Waals surface area contributed by atoms with Crippen LogP contribution in [0.5, 0.6) is 0 Å². The van der Waals surface area contributed by atoms with Gasteiger partial charge in [-0.3, -0.25) is 4.40 Å². The Kier molecular flexibility index (Phi) is 2.26. The van der Waals surface area contributed by atoms with Crippen LogP contribution < -0.4 is 0 Å². The molecule has 3 nitrogen and oxygen atoms in total. The largest absolute Gasteiger partial charge is 0.290 e. The molecule has 2 aromatic heterocycles. The molecule has 0 amide bonds. The number of nitrogens with zero attached hydrogens (tertiary/aromatic N) is 3. The second-order valence-electron chi connectivity index (χ2n) is 3.52. The first kappa shape index (κ1) is 9.22. The van der Waals surface area contributed by atoms with Crippen molar-refractivity contribution < 1.29 is 0 Å². The number of fused-ring (bicyclic) bond motifs is 1. The second kappa shape index (κ2) is 3.43. The summed E-state index contributed by atoms with van der Waals surface area (Å²) in [6.07, 6.45) is 2.22. The van der Waals surface area contributed by atoms with Crippen molar-refractivity contribution in [2.75, 3.05) is 0 Å². The van der Waals surface area contributed by atoms with Gasteiger partial charge in [-0.05, 0) is 5.92 Å². The number of nitriles is 1. The van der Waals surface area contributed by atoms with Crippen LogP contribution in [0.2, 0.25) is 0 Å². The molecular weight excluding hydrogens is 194 g/mol. The quantitative estimate of drug-likeness (QED) is 0.756. The lowest BCUT2D eigenvalue weighted by atomic mass is 10.1. The van der Waals surface area contributed by atoms with Gasteiger partial charge in [-0.25, -0.2) is 4.98 Å². The normalized spacial score (nSPS) is 11.0. The molecule has 0 fully saturated rings. The zero-order valence-electron chi connectivity index (χ0n) is 8.19. The van der Waals surface area contributed by atoms with Crippen LogP contribution in [0.25, 0.3) is 4.96 Å². The molecule has 0 aromatic carbocycles. The third-order valence-corrected chi connectivity index (χ3v) is 3.06. The molecule has 2 heterocycles. The Labute approximate surface area is 86.6 Å². The summed E-state index contributed by atoms with van der Waals surface area (Å²) >= 11 is 1.63. The van der Waals surface area contributed by atoms with Crippen LogP contribution in [-0.4, -0.2) is 9.38 Å². The number of imidazole rings is 1. The SMILES string of the molecule is CC(C)c1csc2ncc(CC#N)n12. The molecule has 0 N–H and O–H groups in total. The monoisotopic (exact) mass is 205 g/mol. The molecule has 0 spiro atoms. The fourth-order valence-corrected chi connectivity index (χ4v) is 2.54. The molecule has 0 bridgehead atoms. The average Bonchev–Trinajstić information content (AvgIpc) is 2.67. The Morgan fingerprint density at radius 1 is 1.64 bits per heavy atom. The van der Waals surface area contributed by atoms with Gasteiger partial charge in [0.05, 0.1) is 24.4 Å². The van der Waals surface area contributed by atoms with Gasteiger partial charge in [-0.15, -0.1) is 11.3 Å². The van der Waals surface area contributed by atoms with Crippen molar-refractivity contribution >= 4 is 16.3 Å². The van der Waals surface area contributed by atoms with Crippen molar-refractivity contribution in [3.63, 3.8) is 0 Å². The van der Waals surface area contributed by atoms with E-state index in [4.69, 9.17) is 5.26 Å². The van der Waals surface area contributed by atoms with E-state index < -0.39 is 0 Å². The first-order valence-corrected chi connectivity index (χ1v) is 5.42. The maximum atomic E-state index is 8.68. The maximum Gasteiger partial charge on any atom is 0.194 e. The van der Waals surface area contributed by atoms with Crippen LogP contribution in [-0.2, 0) is 6.42 Å². The van der Waals surface area contributed by atoms with Gasteiger partial charge in [0.1, 0.15) is 0 Å². The third-order valence-electron chi connectivity index (χ3n) is 2.20. The first-order chi connectivity index (χ1) is 6.74. The van der Waals surface area contributed by atoms with Gasteiger partial charge in [-0.2, -0.15) is 5.26 Å². The molecule has 0 saturated heterocycles. The van der Waals surface area contributed by atoms with Crippen molar-refractivity contribution in [2.24, 2.45) is 0 Å². The third kappa shape index (κ3) is 1.30. The summed E-state index contributed by atoms with van der Waals surface area (Å²) in [6.45, 7) is 4.30. The zero-order valence-corrected chi connectivity index (χ0v) is 9.01. The lowest BCUT2D eigenvalue weighted by molar-refractivity contribution is 0.799. The van der Waals surface area contributed by atoms with Gasteiger partial charge in [0.25, 0.3) is 0 Å². The Morgan fingerprint density at radius 3 is 3.07 bits per heavy atom. The van der Waals surface area contributed by atoms with E-state index in [-0.39, 0.29) is 0 Å². The molecule has 72 valence electrons. The summed E-state index contributed by atoms with van der Waals surface area (Å²) in [5.74, 6) is 0.468. The van der Waals surface area contributed by atoms with E-state index in [0.717, 1.165) is 10.7 Å². The Hall–Kier alpha value is -1.34. The molecule has 0 aliphatic carbocycles. The van der Waals surface area contributed by atoms with Gasteiger partial charge in [-0.1, -0.05) is 13.8 Å². The smallest absolute Gasteiger partial charge is 0.194 e. The molecular formula is C10H11N3S. The lowest BCUT2D eigenvalue weighted by Gasteiger charge is -2.04. The summed E-state index contributed by atoms with van der Waals surface area (Å²) in [7, 11) is 0. The molecule has 2 rings (SSSR count). The molecule has 0 atom stereocenters. The van der Waals surface area contributed by atoms with Crippen LogP contribution in [0.1, 0.15) is 31.2 Å². The highest BCUT2D eigenvalue weighted by atomic mass is 32.1. The molecule has 4 heteroatoms. The fraction of sp³-hybridized carbons (Fsp3) is 0.400. The average molecular weight is 205 g/mol. The van der Waals surface area contributed by atoms with Crippen LogP contribution >= 0.6 is 11.3 Å². The van der Waals surface area contributed by atoms with Gasteiger partial charge >= 0.3 is 0 Å². The number of hydrogen-bond acceptors (Lipinski definition) is 3. The molecule has 0 unspecified atom stereocenters. The van der Waals surface area contributed by atoms with Crippen LogP contribution in [0.3, 0.4) is 0 Å². The highest BCUT2D eigenvalue weighted by Gasteiger charge is 2.11. The van der Waals surface area contributed by atoms with E-state index in [1.54, 1.807) is 17.5 Å². The summed E-state index contributed by atoms with van der Waals surface area (Å²) in [5.41, 5.74) is 2.24. The Balaban J connectivity index is 2.63. The summed E-state index contributed by atoms with van der Waals surface area (Å²) in [5, 5.41) is 10.8. The van der Waals surface area contributed by atoms with Crippen molar-refractivity contribution in [1.29, 1.82) is 5.26 Å².